The first-order chi connectivity index (χ1) is 25.3. The molecule has 0 spiro atoms. The quantitative estimate of drug-likeness (QED) is 0.177. The summed E-state index contributed by atoms with van der Waals surface area (Å²) in [5.74, 6) is 0. The summed E-state index contributed by atoms with van der Waals surface area (Å²) in [5.41, 5.74) is 8.48. The summed E-state index contributed by atoms with van der Waals surface area (Å²) in [4.78, 5) is 2.43. The third-order valence-corrected chi connectivity index (χ3v) is 10.5. The first kappa shape index (κ1) is 28.0. The predicted molar refractivity (Wildman–Crippen MR) is 215 cm³/mol. The highest BCUT2D eigenvalue weighted by molar-refractivity contribution is 6.24. The molecule has 0 unspecified atom stereocenters. The molecule has 9 aromatic carbocycles. The Kier molecular flexibility index (Phi) is 5.96. The van der Waals surface area contributed by atoms with Gasteiger partial charge in [-0.1, -0.05) is 121 Å². The minimum atomic E-state index is 0.869. The number of benzene rings is 9. The van der Waals surface area contributed by atoms with Gasteiger partial charge >= 0.3 is 0 Å². The lowest BCUT2D eigenvalue weighted by Crippen LogP contribution is -2.11. The molecule has 0 N–H and O–H groups in total. The standard InChI is InChI=1S/C48H30N2O/c1-2-14-33(15-3-1)50-43-20-10-8-18-38(43)39-26-23-34(29-44(39)50)49(35-24-27-41-40-19-9-11-21-46(40)51-47(41)30-35)45-28-32-13-5-6-16-36(32)42-25-22-31-12-4-7-17-37(31)48(42)45/h1-30H. The number of rotatable bonds is 4. The Balaban J connectivity index is 1.27. The molecule has 0 radical (unpaired) electrons. The van der Waals surface area contributed by atoms with Crippen molar-refractivity contribution in [2.45, 2.75) is 0 Å². The zero-order chi connectivity index (χ0) is 33.5. The summed E-state index contributed by atoms with van der Waals surface area (Å²) in [5, 5.41) is 12.0. The molecule has 3 nitrogen and oxygen atoms in total. The molecule has 0 amide bonds. The molecule has 0 aliphatic carbocycles. The number of para-hydroxylation sites is 3. The van der Waals surface area contributed by atoms with Crippen LogP contribution < -0.4 is 4.90 Å². The van der Waals surface area contributed by atoms with Crippen LogP contribution in [0.15, 0.2) is 186 Å². The molecule has 2 heterocycles. The molecule has 238 valence electrons. The van der Waals surface area contributed by atoms with Gasteiger partial charge in [0.2, 0.25) is 0 Å². The van der Waals surface area contributed by atoms with E-state index < -0.39 is 0 Å². The molecule has 0 fully saturated rings. The molecule has 0 bridgehead atoms. The van der Waals surface area contributed by atoms with Gasteiger partial charge in [0.15, 0.2) is 0 Å². The summed E-state index contributed by atoms with van der Waals surface area (Å²) < 4.78 is 8.89. The lowest BCUT2D eigenvalue weighted by Gasteiger charge is -2.28. The minimum Gasteiger partial charge on any atom is -0.456 e. The third-order valence-electron chi connectivity index (χ3n) is 10.5. The van der Waals surface area contributed by atoms with E-state index in [2.05, 4.69) is 179 Å². The van der Waals surface area contributed by atoms with E-state index >= 15 is 0 Å². The highest BCUT2D eigenvalue weighted by atomic mass is 16.3. The van der Waals surface area contributed by atoms with Crippen LogP contribution in [0.2, 0.25) is 0 Å². The van der Waals surface area contributed by atoms with E-state index in [9.17, 15) is 0 Å². The van der Waals surface area contributed by atoms with Crippen LogP contribution in [0.5, 0.6) is 0 Å². The van der Waals surface area contributed by atoms with E-state index in [1.54, 1.807) is 0 Å². The van der Waals surface area contributed by atoms with Crippen molar-refractivity contribution < 1.29 is 4.42 Å². The molecule has 11 rings (SSSR count). The van der Waals surface area contributed by atoms with Crippen molar-refractivity contribution >= 4 is 93.1 Å². The second kappa shape index (κ2) is 10.8. The van der Waals surface area contributed by atoms with Crippen molar-refractivity contribution in [1.29, 1.82) is 0 Å². The maximum absolute atomic E-state index is 6.50. The highest BCUT2D eigenvalue weighted by Gasteiger charge is 2.22. The Morgan fingerprint density at radius 2 is 0.980 bits per heavy atom. The molecule has 3 heteroatoms. The van der Waals surface area contributed by atoms with Gasteiger partial charge in [-0.2, -0.15) is 0 Å². The predicted octanol–water partition coefficient (Wildman–Crippen LogP) is 13.6. The Hall–Kier alpha value is -6.84. The van der Waals surface area contributed by atoms with E-state index in [0.29, 0.717) is 0 Å². The van der Waals surface area contributed by atoms with Gasteiger partial charge in [-0.3, -0.25) is 0 Å². The van der Waals surface area contributed by atoms with Crippen LogP contribution >= 0.6 is 0 Å². The zero-order valence-electron chi connectivity index (χ0n) is 27.6. The number of fused-ring (bicyclic) bond motifs is 11. The van der Waals surface area contributed by atoms with Crippen LogP contribution in [0.1, 0.15) is 0 Å². The van der Waals surface area contributed by atoms with Gasteiger partial charge in [-0.05, 0) is 81.5 Å². The Labute approximate surface area is 293 Å². The first-order valence-electron chi connectivity index (χ1n) is 17.4. The minimum absolute atomic E-state index is 0.869. The molecule has 0 saturated heterocycles. The van der Waals surface area contributed by atoms with Crippen LogP contribution in [-0.2, 0) is 0 Å². The second-order valence-electron chi connectivity index (χ2n) is 13.3. The molecular formula is C48H30N2O. The van der Waals surface area contributed by atoms with E-state index in [-0.39, 0.29) is 0 Å². The topological polar surface area (TPSA) is 21.3 Å². The van der Waals surface area contributed by atoms with Crippen molar-refractivity contribution in [3.8, 4) is 5.69 Å². The SMILES string of the molecule is c1ccc(-n2c3ccccc3c3ccc(N(c4ccc5c(c4)oc4ccccc45)c4cc5ccccc5c5ccc6ccccc6c45)cc32)cc1. The molecule has 11 aromatic rings. The number of hydrogen-bond acceptors (Lipinski definition) is 2. The Morgan fingerprint density at radius 1 is 0.373 bits per heavy atom. The van der Waals surface area contributed by atoms with Gasteiger partial charge in [-0.15, -0.1) is 0 Å². The number of nitrogens with zero attached hydrogens (tertiary/aromatic N) is 2. The van der Waals surface area contributed by atoms with Crippen molar-refractivity contribution in [3.63, 3.8) is 0 Å². The largest absolute Gasteiger partial charge is 0.456 e. The molecule has 0 aliphatic heterocycles. The number of hydrogen-bond donors (Lipinski definition) is 0. The number of furan rings is 1. The fraction of sp³-hybridized carbons (Fsp3) is 0. The van der Waals surface area contributed by atoms with Gasteiger partial charge < -0.3 is 13.9 Å². The smallest absolute Gasteiger partial charge is 0.137 e. The zero-order valence-corrected chi connectivity index (χ0v) is 27.6. The summed E-state index contributed by atoms with van der Waals surface area (Å²) in [6, 6.07) is 65.7. The van der Waals surface area contributed by atoms with Crippen LogP contribution in [-0.4, -0.2) is 4.57 Å². The van der Waals surface area contributed by atoms with Crippen LogP contribution in [0.25, 0.3) is 81.7 Å². The molecule has 51 heavy (non-hydrogen) atoms. The second-order valence-corrected chi connectivity index (χ2v) is 13.3. The average molecular weight is 651 g/mol. The van der Waals surface area contributed by atoms with Gasteiger partial charge in [0.1, 0.15) is 11.2 Å². The van der Waals surface area contributed by atoms with E-state index in [1.807, 2.05) is 12.1 Å². The first-order valence-corrected chi connectivity index (χ1v) is 17.4. The van der Waals surface area contributed by atoms with Crippen molar-refractivity contribution in [1.82, 2.24) is 4.57 Å². The summed E-state index contributed by atoms with van der Waals surface area (Å²) in [7, 11) is 0. The van der Waals surface area contributed by atoms with Crippen LogP contribution in [0, 0.1) is 0 Å². The maximum atomic E-state index is 6.50. The van der Waals surface area contributed by atoms with E-state index in [1.165, 1.54) is 48.6 Å². The number of aromatic nitrogens is 1. The molecular weight excluding hydrogens is 621 g/mol. The summed E-state index contributed by atoms with van der Waals surface area (Å²) in [6.45, 7) is 0. The van der Waals surface area contributed by atoms with Gasteiger partial charge in [0.05, 0.1) is 16.7 Å². The average Bonchev–Trinajstić information content (AvgIpc) is 3.73. The van der Waals surface area contributed by atoms with E-state index in [4.69, 9.17) is 4.42 Å². The fourth-order valence-electron chi connectivity index (χ4n) is 8.27. The monoisotopic (exact) mass is 650 g/mol. The normalized spacial score (nSPS) is 11.9. The summed E-state index contributed by atoms with van der Waals surface area (Å²) in [6.07, 6.45) is 0. The Morgan fingerprint density at radius 3 is 1.84 bits per heavy atom. The molecule has 0 saturated carbocycles. The molecule has 0 aliphatic rings. The van der Waals surface area contributed by atoms with Crippen LogP contribution in [0.4, 0.5) is 17.1 Å². The van der Waals surface area contributed by atoms with Gasteiger partial charge in [0.25, 0.3) is 0 Å². The number of anilines is 3. The fourth-order valence-corrected chi connectivity index (χ4v) is 8.27. The third kappa shape index (κ3) is 4.19. The molecule has 2 aromatic heterocycles. The highest BCUT2D eigenvalue weighted by Crippen LogP contribution is 2.47. The van der Waals surface area contributed by atoms with Crippen LogP contribution in [0.3, 0.4) is 0 Å². The maximum Gasteiger partial charge on any atom is 0.137 e. The van der Waals surface area contributed by atoms with Crippen molar-refractivity contribution in [2.75, 3.05) is 4.90 Å². The molecule has 0 atom stereocenters. The lowest BCUT2D eigenvalue weighted by molar-refractivity contribution is 0.669. The van der Waals surface area contributed by atoms with Gasteiger partial charge in [-0.25, -0.2) is 0 Å². The lowest BCUT2D eigenvalue weighted by atomic mass is 9.94. The van der Waals surface area contributed by atoms with E-state index in [0.717, 1.165) is 50.2 Å². The summed E-state index contributed by atoms with van der Waals surface area (Å²) >= 11 is 0. The van der Waals surface area contributed by atoms with Crippen molar-refractivity contribution in [3.05, 3.63) is 182 Å². The van der Waals surface area contributed by atoms with Gasteiger partial charge in [0, 0.05) is 50.1 Å². The van der Waals surface area contributed by atoms with Crippen molar-refractivity contribution in [2.24, 2.45) is 0 Å². The Bertz CT molecular complexity index is 3150.